The monoisotopic (exact) mass is 347 g/mol. The number of benzene rings is 1. The molecule has 2 aliphatic heterocycles. The molecule has 1 saturated heterocycles. The zero-order valence-electron chi connectivity index (χ0n) is 14.1. The predicted octanol–water partition coefficient (Wildman–Crippen LogP) is 1.80. The van der Waals surface area contributed by atoms with Crippen LogP contribution in [0.4, 0.5) is 0 Å². The zero-order valence-corrected chi connectivity index (χ0v) is 14.1. The van der Waals surface area contributed by atoms with E-state index in [2.05, 4.69) is 0 Å². The topological polar surface area (TPSA) is 85.3 Å². The van der Waals surface area contributed by atoms with Crippen molar-refractivity contribution in [2.24, 2.45) is 5.92 Å². The van der Waals surface area contributed by atoms with Gasteiger partial charge in [-0.3, -0.25) is 9.59 Å². The Morgan fingerprint density at radius 1 is 1.24 bits per heavy atom. The van der Waals surface area contributed by atoms with Crippen molar-refractivity contribution in [2.45, 2.75) is 12.8 Å². The summed E-state index contributed by atoms with van der Waals surface area (Å²) in [7, 11) is 1.55. The number of amides is 1. The van der Waals surface area contributed by atoms with Gasteiger partial charge in [-0.15, -0.1) is 0 Å². The molecule has 1 fully saturated rings. The number of fused-ring (bicyclic) bond motifs is 1. The largest absolute Gasteiger partial charge is 0.493 e. The summed E-state index contributed by atoms with van der Waals surface area (Å²) in [6.45, 7) is 1.87. The first-order valence-corrected chi connectivity index (χ1v) is 8.26. The molecule has 0 radical (unpaired) electrons. The minimum Gasteiger partial charge on any atom is -0.493 e. The number of rotatable bonds is 4. The van der Waals surface area contributed by atoms with Crippen LogP contribution in [0.2, 0.25) is 0 Å². The summed E-state index contributed by atoms with van der Waals surface area (Å²) in [4.78, 5) is 24.9. The Labute approximate surface area is 145 Å². The number of carboxylic acids is 1. The van der Waals surface area contributed by atoms with E-state index in [4.69, 9.17) is 19.3 Å². The van der Waals surface area contributed by atoms with Crippen LogP contribution in [0.5, 0.6) is 17.2 Å². The van der Waals surface area contributed by atoms with Gasteiger partial charge in [-0.05, 0) is 36.6 Å². The molecular formula is C18H21NO6. The van der Waals surface area contributed by atoms with Crippen LogP contribution in [-0.4, -0.2) is 55.3 Å². The number of carbonyl (C=O) groups excluding carboxylic acids is 1. The number of piperidine rings is 1. The van der Waals surface area contributed by atoms with E-state index in [0.29, 0.717) is 56.4 Å². The maximum atomic E-state index is 12.3. The zero-order chi connectivity index (χ0) is 17.8. The molecule has 134 valence electrons. The van der Waals surface area contributed by atoms with Crippen LogP contribution in [0, 0.1) is 5.92 Å². The highest BCUT2D eigenvalue weighted by molar-refractivity contribution is 5.92. The number of carboxylic acid groups (broad SMARTS) is 1. The molecule has 0 bridgehead atoms. The van der Waals surface area contributed by atoms with Gasteiger partial charge in [0.1, 0.15) is 13.2 Å². The second kappa shape index (κ2) is 7.46. The van der Waals surface area contributed by atoms with Gasteiger partial charge in [0.05, 0.1) is 13.0 Å². The van der Waals surface area contributed by atoms with Crippen LogP contribution in [0.25, 0.3) is 6.08 Å². The number of nitrogens with zero attached hydrogens (tertiary/aromatic N) is 1. The van der Waals surface area contributed by atoms with E-state index in [9.17, 15) is 9.59 Å². The van der Waals surface area contributed by atoms with E-state index in [-0.39, 0.29) is 11.8 Å². The molecule has 0 aliphatic carbocycles. The molecule has 0 spiro atoms. The van der Waals surface area contributed by atoms with Crippen LogP contribution in [0.3, 0.4) is 0 Å². The average molecular weight is 347 g/mol. The van der Waals surface area contributed by atoms with E-state index in [0.717, 1.165) is 5.56 Å². The van der Waals surface area contributed by atoms with Crippen molar-refractivity contribution in [3.63, 3.8) is 0 Å². The molecule has 1 aromatic carbocycles. The lowest BCUT2D eigenvalue weighted by Gasteiger charge is -2.29. The molecule has 7 nitrogen and oxygen atoms in total. The summed E-state index contributed by atoms with van der Waals surface area (Å²) < 4.78 is 16.4. The number of ether oxygens (including phenoxy) is 3. The highest BCUT2D eigenvalue weighted by Gasteiger charge is 2.26. The fourth-order valence-electron chi connectivity index (χ4n) is 3.01. The maximum absolute atomic E-state index is 12.3. The van der Waals surface area contributed by atoms with Crippen molar-refractivity contribution >= 4 is 18.0 Å². The third kappa shape index (κ3) is 3.87. The van der Waals surface area contributed by atoms with Crippen LogP contribution < -0.4 is 14.2 Å². The number of aliphatic carboxylic acids is 1. The van der Waals surface area contributed by atoms with Gasteiger partial charge in [-0.2, -0.15) is 0 Å². The van der Waals surface area contributed by atoms with E-state index in [1.165, 1.54) is 6.08 Å². The fraction of sp³-hybridized carbons (Fsp3) is 0.444. The third-order valence-corrected chi connectivity index (χ3v) is 4.42. The lowest BCUT2D eigenvalue weighted by molar-refractivity contribution is -0.144. The second-order valence-corrected chi connectivity index (χ2v) is 6.02. The van der Waals surface area contributed by atoms with E-state index in [1.54, 1.807) is 30.2 Å². The summed E-state index contributed by atoms with van der Waals surface area (Å²) in [5.74, 6) is 0.471. The second-order valence-electron chi connectivity index (χ2n) is 6.02. The molecule has 0 atom stereocenters. The van der Waals surface area contributed by atoms with Gasteiger partial charge in [0.25, 0.3) is 0 Å². The Morgan fingerprint density at radius 3 is 2.64 bits per heavy atom. The lowest BCUT2D eigenvalue weighted by atomic mass is 9.97. The van der Waals surface area contributed by atoms with Gasteiger partial charge in [0, 0.05) is 19.2 Å². The van der Waals surface area contributed by atoms with Crippen molar-refractivity contribution in [3.05, 3.63) is 23.8 Å². The van der Waals surface area contributed by atoms with Gasteiger partial charge in [-0.1, -0.05) is 0 Å². The van der Waals surface area contributed by atoms with Crippen molar-refractivity contribution in [1.29, 1.82) is 0 Å². The molecule has 25 heavy (non-hydrogen) atoms. The molecule has 1 aromatic rings. The van der Waals surface area contributed by atoms with E-state index in [1.807, 2.05) is 0 Å². The molecule has 0 saturated carbocycles. The normalized spacial score (nSPS) is 17.6. The summed E-state index contributed by atoms with van der Waals surface area (Å²) in [6, 6.07) is 3.59. The Kier molecular flexibility index (Phi) is 5.11. The van der Waals surface area contributed by atoms with Gasteiger partial charge >= 0.3 is 5.97 Å². The molecule has 2 aliphatic rings. The van der Waals surface area contributed by atoms with E-state index < -0.39 is 5.97 Å². The molecule has 7 heteroatoms. The first-order valence-electron chi connectivity index (χ1n) is 8.26. The van der Waals surface area contributed by atoms with Crippen molar-refractivity contribution in [2.75, 3.05) is 33.4 Å². The summed E-state index contributed by atoms with van der Waals surface area (Å²) >= 11 is 0. The summed E-state index contributed by atoms with van der Waals surface area (Å²) in [6.07, 6.45) is 4.18. The van der Waals surface area contributed by atoms with Crippen molar-refractivity contribution in [3.8, 4) is 17.2 Å². The standard InChI is InChI=1S/C18H21NO6/c1-23-14-10-12(11-15-17(14)25-9-8-24-15)2-3-16(20)19-6-4-13(5-7-19)18(21)22/h2-3,10-11,13H,4-9H2,1H3,(H,21,22). The fourth-order valence-corrected chi connectivity index (χ4v) is 3.01. The van der Waals surface area contributed by atoms with Gasteiger partial charge in [0.2, 0.25) is 11.7 Å². The summed E-state index contributed by atoms with van der Waals surface area (Å²) in [5, 5.41) is 9.01. The van der Waals surface area contributed by atoms with Gasteiger partial charge < -0.3 is 24.2 Å². The van der Waals surface area contributed by atoms with Crippen LogP contribution in [0.1, 0.15) is 18.4 Å². The Hall–Kier alpha value is -2.70. The Bertz CT molecular complexity index is 674. The molecular weight excluding hydrogens is 326 g/mol. The van der Waals surface area contributed by atoms with Gasteiger partial charge in [0.15, 0.2) is 11.5 Å². The molecule has 1 amide bonds. The maximum Gasteiger partial charge on any atom is 0.306 e. The molecule has 0 aromatic heterocycles. The average Bonchev–Trinajstić information content (AvgIpc) is 2.65. The molecule has 3 rings (SSSR count). The number of hydrogen-bond donors (Lipinski definition) is 1. The minimum absolute atomic E-state index is 0.127. The number of likely N-dealkylation sites (tertiary alicyclic amines) is 1. The van der Waals surface area contributed by atoms with Gasteiger partial charge in [-0.25, -0.2) is 0 Å². The van der Waals surface area contributed by atoms with Crippen molar-refractivity contribution in [1.82, 2.24) is 4.90 Å². The smallest absolute Gasteiger partial charge is 0.306 e. The van der Waals surface area contributed by atoms with Crippen molar-refractivity contribution < 1.29 is 28.9 Å². The molecule has 1 N–H and O–H groups in total. The number of carbonyl (C=O) groups is 2. The Balaban J connectivity index is 1.67. The highest BCUT2D eigenvalue weighted by atomic mass is 16.6. The van der Waals surface area contributed by atoms with E-state index >= 15 is 0 Å². The Morgan fingerprint density at radius 2 is 1.96 bits per heavy atom. The number of hydrogen-bond acceptors (Lipinski definition) is 5. The SMILES string of the molecule is COc1cc(C=CC(=O)N2CCC(C(=O)O)CC2)cc2c1OCCO2. The minimum atomic E-state index is -0.786. The quantitative estimate of drug-likeness (QED) is 0.836. The van der Waals surface area contributed by atoms with Crippen LogP contribution in [-0.2, 0) is 9.59 Å². The lowest BCUT2D eigenvalue weighted by Crippen LogP contribution is -2.39. The van der Waals surface area contributed by atoms with Crippen LogP contribution in [0.15, 0.2) is 18.2 Å². The predicted molar refractivity (Wildman–Crippen MR) is 90.0 cm³/mol. The third-order valence-electron chi connectivity index (χ3n) is 4.42. The first kappa shape index (κ1) is 17.1. The highest BCUT2D eigenvalue weighted by Crippen LogP contribution is 2.40. The number of methoxy groups -OCH3 is 1. The summed E-state index contributed by atoms with van der Waals surface area (Å²) in [5.41, 5.74) is 0.773. The molecule has 2 heterocycles. The molecule has 0 unspecified atom stereocenters. The first-order chi connectivity index (χ1) is 12.1. The van der Waals surface area contributed by atoms with Crippen LogP contribution >= 0.6 is 0 Å².